The van der Waals surface area contributed by atoms with Gasteiger partial charge in [0.15, 0.2) is 0 Å². The Hall–Kier alpha value is -2.69. The largest absolute Gasteiger partial charge is 0.389 e. The highest BCUT2D eigenvalue weighted by Crippen LogP contribution is 2.29. The fourth-order valence-corrected chi connectivity index (χ4v) is 3.16. The van der Waals surface area contributed by atoms with Gasteiger partial charge in [0.2, 0.25) is 0 Å². The maximum atomic E-state index is 9.74. The van der Waals surface area contributed by atoms with Crippen LogP contribution in [0.5, 0.6) is 0 Å². The normalized spacial score (nSPS) is 12.4. The van der Waals surface area contributed by atoms with E-state index in [4.69, 9.17) is 11.6 Å². The first kappa shape index (κ1) is 15.8. The van der Waals surface area contributed by atoms with Gasteiger partial charge in [0.25, 0.3) is 0 Å². The van der Waals surface area contributed by atoms with Gasteiger partial charge in [0.05, 0.1) is 22.2 Å². The first-order valence-corrected chi connectivity index (χ1v) is 8.36. The zero-order valence-corrected chi connectivity index (χ0v) is 14.4. The van der Waals surface area contributed by atoms with E-state index in [2.05, 4.69) is 16.0 Å². The monoisotopic (exact) mass is 349 g/mol. The van der Waals surface area contributed by atoms with Crippen molar-refractivity contribution in [1.29, 1.82) is 0 Å². The Labute approximate surface area is 150 Å². The molecule has 0 fully saturated rings. The third-order valence-corrected chi connectivity index (χ3v) is 4.56. The summed E-state index contributed by atoms with van der Waals surface area (Å²) in [5, 5.41) is 10.4. The van der Waals surface area contributed by atoms with Crippen LogP contribution in [0.1, 0.15) is 18.6 Å². The molecule has 2 heterocycles. The van der Waals surface area contributed by atoms with Crippen LogP contribution in [0.15, 0.2) is 67.3 Å². The summed E-state index contributed by atoms with van der Waals surface area (Å²) in [5.74, 6) is 0. The maximum absolute atomic E-state index is 9.74. The number of aliphatic hydroxyl groups excluding tert-OH is 1. The fourth-order valence-electron chi connectivity index (χ4n) is 2.93. The highest BCUT2D eigenvalue weighted by molar-refractivity contribution is 6.33. The molecule has 1 N–H and O–H groups in total. The van der Waals surface area contributed by atoms with Gasteiger partial charge < -0.3 is 5.11 Å². The average Bonchev–Trinajstić information content (AvgIpc) is 3.05. The molecule has 4 rings (SSSR count). The van der Waals surface area contributed by atoms with Crippen LogP contribution < -0.4 is 0 Å². The lowest BCUT2D eigenvalue weighted by molar-refractivity contribution is 0.199. The molecule has 4 aromatic rings. The van der Waals surface area contributed by atoms with Gasteiger partial charge in [-0.15, -0.1) is 0 Å². The van der Waals surface area contributed by atoms with Crippen LogP contribution in [-0.4, -0.2) is 19.6 Å². The molecule has 2 aromatic carbocycles. The minimum absolute atomic E-state index is 0.508. The molecule has 0 amide bonds. The van der Waals surface area contributed by atoms with Crippen molar-refractivity contribution in [3.63, 3.8) is 0 Å². The Bertz CT molecular complexity index is 1060. The number of aliphatic hydroxyl groups is 1. The third kappa shape index (κ3) is 2.90. The molecule has 0 saturated carbocycles. The van der Waals surface area contributed by atoms with Crippen molar-refractivity contribution in [3.05, 3.63) is 77.8 Å². The second kappa shape index (κ2) is 6.31. The minimum Gasteiger partial charge on any atom is -0.389 e. The van der Waals surface area contributed by atoms with Crippen molar-refractivity contribution in [3.8, 4) is 16.8 Å². The van der Waals surface area contributed by atoms with E-state index < -0.39 is 6.10 Å². The number of aromatic nitrogens is 3. The van der Waals surface area contributed by atoms with Crippen molar-refractivity contribution in [1.82, 2.24) is 14.5 Å². The molecule has 0 bridgehead atoms. The third-order valence-electron chi connectivity index (χ3n) is 4.26. The topological polar surface area (TPSA) is 50.9 Å². The second-order valence-electron chi connectivity index (χ2n) is 5.94. The van der Waals surface area contributed by atoms with E-state index in [0.717, 1.165) is 33.4 Å². The van der Waals surface area contributed by atoms with Gasteiger partial charge in [-0.05, 0) is 48.4 Å². The minimum atomic E-state index is -0.508. The SMILES string of the molecule is C[C@@H](O)c1ccc2c(c1)ncn2-c1cccc(-c2ccncc2Cl)c1. The smallest absolute Gasteiger partial charge is 0.100 e. The molecular weight excluding hydrogens is 334 g/mol. The first-order valence-electron chi connectivity index (χ1n) is 7.99. The molecule has 25 heavy (non-hydrogen) atoms. The van der Waals surface area contributed by atoms with E-state index in [1.165, 1.54) is 0 Å². The van der Waals surface area contributed by atoms with E-state index in [0.29, 0.717) is 5.02 Å². The van der Waals surface area contributed by atoms with Crippen molar-refractivity contribution in [2.75, 3.05) is 0 Å². The number of pyridine rings is 1. The highest BCUT2D eigenvalue weighted by atomic mass is 35.5. The average molecular weight is 350 g/mol. The van der Waals surface area contributed by atoms with Crippen LogP contribution >= 0.6 is 11.6 Å². The van der Waals surface area contributed by atoms with E-state index in [1.807, 2.05) is 47.0 Å². The summed E-state index contributed by atoms with van der Waals surface area (Å²) in [7, 11) is 0. The molecule has 124 valence electrons. The van der Waals surface area contributed by atoms with Crippen LogP contribution in [-0.2, 0) is 0 Å². The molecule has 5 heteroatoms. The number of hydrogen-bond donors (Lipinski definition) is 1. The zero-order valence-electron chi connectivity index (χ0n) is 13.6. The summed E-state index contributed by atoms with van der Waals surface area (Å²) >= 11 is 6.27. The Morgan fingerprint density at radius 2 is 2.00 bits per heavy atom. The highest BCUT2D eigenvalue weighted by Gasteiger charge is 2.09. The van der Waals surface area contributed by atoms with Gasteiger partial charge in [-0.25, -0.2) is 4.98 Å². The van der Waals surface area contributed by atoms with Gasteiger partial charge in [-0.3, -0.25) is 9.55 Å². The Morgan fingerprint density at radius 1 is 1.12 bits per heavy atom. The molecular formula is C20H16ClN3O. The summed E-state index contributed by atoms with van der Waals surface area (Å²) in [4.78, 5) is 8.51. The molecule has 0 aliphatic carbocycles. The van der Waals surface area contributed by atoms with Crippen LogP contribution in [0, 0.1) is 0 Å². The zero-order chi connectivity index (χ0) is 17.4. The van der Waals surface area contributed by atoms with Gasteiger partial charge in [0, 0.05) is 23.6 Å². The Kier molecular flexibility index (Phi) is 3.99. The standard InChI is InChI=1S/C20H16ClN3O/c1-13(25)14-5-6-20-19(10-14)23-12-24(20)16-4-2-3-15(9-16)17-7-8-22-11-18(17)21/h2-13,25H,1H3/t13-/m1/s1. The van der Waals surface area contributed by atoms with Crippen molar-refractivity contribution in [2.24, 2.45) is 0 Å². The molecule has 1 atom stereocenters. The van der Waals surface area contributed by atoms with Gasteiger partial charge in [0.1, 0.15) is 6.33 Å². The summed E-state index contributed by atoms with van der Waals surface area (Å²) in [6.07, 6.45) is 4.67. The van der Waals surface area contributed by atoms with Crippen LogP contribution in [0.3, 0.4) is 0 Å². The van der Waals surface area contributed by atoms with Crippen molar-refractivity contribution in [2.45, 2.75) is 13.0 Å². The molecule has 2 aromatic heterocycles. The molecule has 0 saturated heterocycles. The molecule has 0 radical (unpaired) electrons. The lowest BCUT2D eigenvalue weighted by Crippen LogP contribution is -1.94. The van der Waals surface area contributed by atoms with Crippen LogP contribution in [0.25, 0.3) is 27.8 Å². The molecule has 0 aliphatic heterocycles. The number of nitrogens with zero attached hydrogens (tertiary/aromatic N) is 3. The summed E-state index contributed by atoms with van der Waals surface area (Å²) < 4.78 is 2.03. The number of rotatable bonds is 3. The lowest BCUT2D eigenvalue weighted by Gasteiger charge is -2.09. The Balaban J connectivity index is 1.82. The number of benzene rings is 2. The predicted molar refractivity (Wildman–Crippen MR) is 99.9 cm³/mol. The predicted octanol–water partition coefficient (Wildman–Crippen LogP) is 4.79. The number of fused-ring (bicyclic) bond motifs is 1. The van der Waals surface area contributed by atoms with E-state index >= 15 is 0 Å². The van der Waals surface area contributed by atoms with E-state index in [-0.39, 0.29) is 0 Å². The molecule has 0 spiro atoms. The van der Waals surface area contributed by atoms with Gasteiger partial charge >= 0.3 is 0 Å². The van der Waals surface area contributed by atoms with Gasteiger partial charge in [-0.2, -0.15) is 0 Å². The number of hydrogen-bond acceptors (Lipinski definition) is 3. The van der Waals surface area contributed by atoms with Crippen LogP contribution in [0.4, 0.5) is 0 Å². The summed E-state index contributed by atoms with van der Waals surface area (Å²) in [6.45, 7) is 1.75. The van der Waals surface area contributed by atoms with Crippen molar-refractivity contribution < 1.29 is 5.11 Å². The Morgan fingerprint density at radius 3 is 2.80 bits per heavy atom. The molecule has 0 unspecified atom stereocenters. The van der Waals surface area contributed by atoms with Crippen LogP contribution in [0.2, 0.25) is 5.02 Å². The summed E-state index contributed by atoms with van der Waals surface area (Å²) in [5.41, 5.74) is 5.66. The summed E-state index contributed by atoms with van der Waals surface area (Å²) in [6, 6.07) is 15.9. The lowest BCUT2D eigenvalue weighted by atomic mass is 10.1. The maximum Gasteiger partial charge on any atom is 0.100 e. The van der Waals surface area contributed by atoms with Gasteiger partial charge in [-0.1, -0.05) is 29.8 Å². The first-order chi connectivity index (χ1) is 12.1. The van der Waals surface area contributed by atoms with E-state index in [9.17, 15) is 5.11 Å². The second-order valence-corrected chi connectivity index (χ2v) is 6.35. The molecule has 4 nitrogen and oxygen atoms in total. The molecule has 0 aliphatic rings. The number of halogens is 1. The van der Waals surface area contributed by atoms with Crippen molar-refractivity contribution >= 4 is 22.6 Å². The quantitative estimate of drug-likeness (QED) is 0.578. The fraction of sp³-hybridized carbons (Fsp3) is 0.100. The van der Waals surface area contributed by atoms with E-state index in [1.54, 1.807) is 25.6 Å². The number of imidazole rings is 1.